The Morgan fingerprint density at radius 1 is 0.875 bits per heavy atom. The molecule has 0 saturated carbocycles. The number of nitrogens with zero attached hydrogens (tertiary/aromatic N) is 1. The van der Waals surface area contributed by atoms with E-state index in [0.717, 1.165) is 30.4 Å². The molecule has 10 heteroatoms. The van der Waals surface area contributed by atoms with E-state index in [-0.39, 0.29) is 28.7 Å². The highest BCUT2D eigenvalue weighted by molar-refractivity contribution is 7.89. The van der Waals surface area contributed by atoms with Crippen LogP contribution in [0.1, 0.15) is 36.8 Å². The largest absolute Gasteiger partial charge is 0.326 e. The molecule has 1 heterocycles. The lowest BCUT2D eigenvalue weighted by atomic mass is 10.1. The molecular formula is C22H29N3O5S2. The van der Waals surface area contributed by atoms with E-state index >= 15 is 0 Å². The van der Waals surface area contributed by atoms with Gasteiger partial charge in [-0.15, -0.1) is 0 Å². The molecule has 1 fully saturated rings. The zero-order valence-electron chi connectivity index (χ0n) is 18.3. The van der Waals surface area contributed by atoms with Gasteiger partial charge in [-0.3, -0.25) is 4.79 Å². The smallest absolute Gasteiger partial charge is 0.243 e. The third-order valence-electron chi connectivity index (χ3n) is 5.52. The molecule has 0 atom stereocenters. The van der Waals surface area contributed by atoms with Gasteiger partial charge in [0.1, 0.15) is 0 Å². The van der Waals surface area contributed by atoms with Crippen LogP contribution in [-0.4, -0.2) is 46.7 Å². The Morgan fingerprint density at radius 2 is 1.50 bits per heavy atom. The van der Waals surface area contributed by atoms with Crippen LogP contribution in [0.25, 0.3) is 0 Å². The average molecular weight is 480 g/mol. The standard InChI is InChI=1S/C22H29N3O5S2/c1-17-6-9-21(16-18(17)2)31(27,28)23-13-12-22(26)24-19-7-10-20(11-8-19)32(29,30)25-14-4-3-5-15-25/h6-11,16,23H,3-5,12-15H2,1-2H3,(H,24,26). The summed E-state index contributed by atoms with van der Waals surface area (Å²) in [5.74, 6) is -0.376. The van der Waals surface area contributed by atoms with Crippen molar-refractivity contribution in [2.24, 2.45) is 0 Å². The molecule has 8 nitrogen and oxygen atoms in total. The fourth-order valence-electron chi connectivity index (χ4n) is 3.45. The van der Waals surface area contributed by atoms with E-state index in [9.17, 15) is 21.6 Å². The number of rotatable bonds is 8. The van der Waals surface area contributed by atoms with E-state index < -0.39 is 20.0 Å². The zero-order chi connectivity index (χ0) is 23.4. The lowest BCUT2D eigenvalue weighted by Gasteiger charge is -2.25. The maximum atomic E-state index is 12.7. The number of piperidine rings is 1. The third-order valence-corrected chi connectivity index (χ3v) is 8.90. The van der Waals surface area contributed by atoms with Gasteiger partial charge in [0.15, 0.2) is 0 Å². The van der Waals surface area contributed by atoms with Crippen molar-refractivity contribution in [3.63, 3.8) is 0 Å². The molecule has 3 rings (SSSR count). The molecule has 0 unspecified atom stereocenters. The number of benzene rings is 2. The van der Waals surface area contributed by atoms with Gasteiger partial charge in [0.2, 0.25) is 26.0 Å². The van der Waals surface area contributed by atoms with Crippen LogP contribution in [0.4, 0.5) is 5.69 Å². The van der Waals surface area contributed by atoms with Crippen LogP contribution in [0.3, 0.4) is 0 Å². The molecule has 0 radical (unpaired) electrons. The quantitative estimate of drug-likeness (QED) is 0.605. The van der Waals surface area contributed by atoms with Gasteiger partial charge in [-0.1, -0.05) is 12.5 Å². The van der Waals surface area contributed by atoms with E-state index in [4.69, 9.17) is 0 Å². The number of hydrogen-bond acceptors (Lipinski definition) is 5. The Bertz CT molecular complexity index is 1170. The summed E-state index contributed by atoms with van der Waals surface area (Å²) >= 11 is 0. The number of hydrogen-bond donors (Lipinski definition) is 2. The Labute approximate surface area is 190 Å². The van der Waals surface area contributed by atoms with Gasteiger partial charge in [0.05, 0.1) is 9.79 Å². The second kappa shape index (κ2) is 10.1. The van der Waals surface area contributed by atoms with Crippen LogP contribution in [0.15, 0.2) is 52.3 Å². The molecule has 174 valence electrons. The van der Waals surface area contributed by atoms with E-state index in [1.165, 1.54) is 34.6 Å². The topological polar surface area (TPSA) is 113 Å². The highest BCUT2D eigenvalue weighted by atomic mass is 32.2. The molecule has 0 spiro atoms. The van der Waals surface area contributed by atoms with Gasteiger partial charge in [-0.05, 0) is 74.2 Å². The minimum atomic E-state index is -3.70. The van der Waals surface area contributed by atoms with Gasteiger partial charge in [0, 0.05) is 31.7 Å². The number of aryl methyl sites for hydroxylation is 2. The lowest BCUT2D eigenvalue weighted by Crippen LogP contribution is -2.35. The summed E-state index contributed by atoms with van der Waals surface area (Å²) in [6, 6.07) is 10.9. The first kappa shape index (κ1) is 24.4. The normalized spacial score (nSPS) is 15.4. The summed E-state index contributed by atoms with van der Waals surface area (Å²) in [5, 5.41) is 2.66. The van der Waals surface area contributed by atoms with Crippen LogP contribution in [0.5, 0.6) is 0 Å². The number of nitrogens with one attached hydrogen (secondary N) is 2. The first-order chi connectivity index (χ1) is 15.1. The van der Waals surface area contributed by atoms with E-state index in [2.05, 4.69) is 10.0 Å². The number of amides is 1. The minimum absolute atomic E-state index is 0.0531. The maximum absolute atomic E-state index is 12.7. The Hall–Kier alpha value is -2.27. The molecular weight excluding hydrogens is 450 g/mol. The Kier molecular flexibility index (Phi) is 7.71. The number of sulfonamides is 2. The molecule has 32 heavy (non-hydrogen) atoms. The van der Waals surface area contributed by atoms with Crippen molar-refractivity contribution in [2.45, 2.75) is 49.3 Å². The second-order valence-electron chi connectivity index (χ2n) is 7.93. The molecule has 0 bridgehead atoms. The molecule has 0 aromatic heterocycles. The summed E-state index contributed by atoms with van der Waals surface area (Å²) in [6.45, 7) is 4.74. The highest BCUT2D eigenvalue weighted by Crippen LogP contribution is 2.22. The molecule has 1 aliphatic heterocycles. The SMILES string of the molecule is Cc1ccc(S(=O)(=O)NCCC(=O)Nc2ccc(S(=O)(=O)N3CCCCC3)cc2)cc1C. The molecule has 2 aromatic carbocycles. The summed E-state index contributed by atoms with van der Waals surface area (Å²) in [6.07, 6.45) is 2.71. The maximum Gasteiger partial charge on any atom is 0.243 e. The fraction of sp³-hybridized carbons (Fsp3) is 0.409. The molecule has 1 aliphatic rings. The van der Waals surface area contributed by atoms with Gasteiger partial charge in [-0.25, -0.2) is 21.6 Å². The predicted octanol–water partition coefficient (Wildman–Crippen LogP) is 2.79. The van der Waals surface area contributed by atoms with Crippen molar-refractivity contribution in [3.8, 4) is 0 Å². The van der Waals surface area contributed by atoms with Crippen molar-refractivity contribution in [3.05, 3.63) is 53.6 Å². The first-order valence-electron chi connectivity index (χ1n) is 10.6. The fourth-order valence-corrected chi connectivity index (χ4v) is 6.09. The number of carbonyl (C=O) groups excluding carboxylic acids is 1. The van der Waals surface area contributed by atoms with Crippen LogP contribution >= 0.6 is 0 Å². The van der Waals surface area contributed by atoms with Gasteiger partial charge in [0.25, 0.3) is 0 Å². The van der Waals surface area contributed by atoms with Gasteiger partial charge >= 0.3 is 0 Å². The minimum Gasteiger partial charge on any atom is -0.326 e. The van der Waals surface area contributed by atoms with Crippen LogP contribution in [0.2, 0.25) is 0 Å². The Balaban J connectivity index is 1.53. The monoisotopic (exact) mass is 479 g/mol. The van der Waals surface area contributed by atoms with Crippen molar-refractivity contribution in [1.29, 1.82) is 0 Å². The number of anilines is 1. The summed E-state index contributed by atoms with van der Waals surface area (Å²) < 4.78 is 54.1. The summed E-state index contributed by atoms with van der Waals surface area (Å²) in [7, 11) is -7.23. The van der Waals surface area contributed by atoms with Crippen LogP contribution in [-0.2, 0) is 24.8 Å². The highest BCUT2D eigenvalue weighted by Gasteiger charge is 2.25. The summed E-state index contributed by atoms with van der Waals surface area (Å²) in [4.78, 5) is 12.5. The molecule has 2 aromatic rings. The lowest BCUT2D eigenvalue weighted by molar-refractivity contribution is -0.116. The summed E-state index contributed by atoms with van der Waals surface area (Å²) in [5.41, 5.74) is 2.32. The molecule has 1 amide bonds. The van der Waals surface area contributed by atoms with E-state index in [1.54, 1.807) is 12.1 Å². The van der Waals surface area contributed by atoms with Crippen molar-refractivity contribution in [2.75, 3.05) is 25.0 Å². The number of carbonyl (C=O) groups is 1. The van der Waals surface area contributed by atoms with Crippen LogP contribution in [0, 0.1) is 13.8 Å². The van der Waals surface area contributed by atoms with Gasteiger partial charge in [-0.2, -0.15) is 4.31 Å². The van der Waals surface area contributed by atoms with Crippen molar-refractivity contribution < 1.29 is 21.6 Å². The van der Waals surface area contributed by atoms with Gasteiger partial charge < -0.3 is 5.32 Å². The second-order valence-corrected chi connectivity index (χ2v) is 11.6. The van der Waals surface area contributed by atoms with Crippen LogP contribution < -0.4 is 10.0 Å². The zero-order valence-corrected chi connectivity index (χ0v) is 19.9. The van der Waals surface area contributed by atoms with Crippen molar-refractivity contribution in [1.82, 2.24) is 9.03 Å². The first-order valence-corrected chi connectivity index (χ1v) is 13.5. The predicted molar refractivity (Wildman–Crippen MR) is 123 cm³/mol. The average Bonchev–Trinajstić information content (AvgIpc) is 2.76. The molecule has 2 N–H and O–H groups in total. The Morgan fingerprint density at radius 3 is 2.12 bits per heavy atom. The van der Waals surface area contributed by atoms with E-state index in [0.29, 0.717) is 18.8 Å². The van der Waals surface area contributed by atoms with Crippen molar-refractivity contribution >= 4 is 31.6 Å². The molecule has 0 aliphatic carbocycles. The molecule has 1 saturated heterocycles. The third kappa shape index (κ3) is 5.94. The van der Waals surface area contributed by atoms with E-state index in [1.807, 2.05) is 13.8 Å².